The molecule has 4 heteroatoms. The van der Waals surface area contributed by atoms with Gasteiger partial charge in [0.15, 0.2) is 0 Å². The van der Waals surface area contributed by atoms with Crippen LogP contribution in [-0.2, 0) is 6.42 Å². The summed E-state index contributed by atoms with van der Waals surface area (Å²) in [5.41, 5.74) is 5.35. The third-order valence-corrected chi connectivity index (χ3v) is 3.78. The van der Waals surface area contributed by atoms with E-state index in [-0.39, 0.29) is 5.91 Å². The van der Waals surface area contributed by atoms with Crippen LogP contribution in [0.4, 0.5) is 0 Å². The van der Waals surface area contributed by atoms with E-state index in [1.54, 1.807) is 6.07 Å². The Morgan fingerprint density at radius 2 is 1.76 bits per heavy atom. The van der Waals surface area contributed by atoms with Gasteiger partial charge in [-0.15, -0.1) is 0 Å². The van der Waals surface area contributed by atoms with Gasteiger partial charge in [-0.1, -0.05) is 42.5 Å². The first kappa shape index (κ1) is 15.4. The quantitative estimate of drug-likeness (QED) is 0.641. The molecule has 0 radical (unpaired) electrons. The summed E-state index contributed by atoms with van der Waals surface area (Å²) in [6.07, 6.45) is 1.74. The van der Waals surface area contributed by atoms with Crippen LogP contribution in [-0.4, -0.2) is 11.6 Å². The van der Waals surface area contributed by atoms with E-state index in [1.807, 2.05) is 43.3 Å². The number of hydrogen-bond donors (Lipinski definition) is 1. The smallest absolute Gasteiger partial charge is 0.267 e. The van der Waals surface area contributed by atoms with Gasteiger partial charge in [-0.25, -0.2) is 5.43 Å². The standard InChI is InChI=1S/C17H17BrN2O/c1-13(11-12-14-7-3-2-4-8-14)19-20-17(21)15-9-5-6-10-16(15)18/h2-10H,11-12H2,1H3,(H,20,21)/b19-13-. The van der Waals surface area contributed by atoms with Gasteiger partial charge >= 0.3 is 0 Å². The first-order valence-corrected chi connectivity index (χ1v) is 7.58. The Morgan fingerprint density at radius 3 is 2.48 bits per heavy atom. The number of hydrogen-bond acceptors (Lipinski definition) is 2. The van der Waals surface area contributed by atoms with Crippen LogP contribution in [0.2, 0.25) is 0 Å². The van der Waals surface area contributed by atoms with Crippen molar-refractivity contribution >= 4 is 27.5 Å². The van der Waals surface area contributed by atoms with Crippen LogP contribution in [0.3, 0.4) is 0 Å². The number of rotatable bonds is 5. The molecule has 1 amide bonds. The fourth-order valence-corrected chi connectivity index (χ4v) is 2.34. The van der Waals surface area contributed by atoms with Crippen molar-refractivity contribution < 1.29 is 4.79 Å². The third kappa shape index (κ3) is 4.83. The molecule has 3 nitrogen and oxygen atoms in total. The Labute approximate surface area is 133 Å². The number of halogens is 1. The van der Waals surface area contributed by atoms with Crippen LogP contribution < -0.4 is 5.43 Å². The summed E-state index contributed by atoms with van der Waals surface area (Å²) >= 11 is 3.36. The van der Waals surface area contributed by atoms with Crippen molar-refractivity contribution in [1.82, 2.24) is 5.43 Å². The number of carbonyl (C=O) groups is 1. The Bertz CT molecular complexity index is 638. The topological polar surface area (TPSA) is 41.5 Å². The molecule has 2 aromatic rings. The Balaban J connectivity index is 1.89. The van der Waals surface area contributed by atoms with E-state index in [9.17, 15) is 4.79 Å². The average Bonchev–Trinajstić information content (AvgIpc) is 2.52. The molecule has 0 saturated heterocycles. The number of nitrogens with zero attached hydrogens (tertiary/aromatic N) is 1. The van der Waals surface area contributed by atoms with Gasteiger partial charge in [0.1, 0.15) is 0 Å². The van der Waals surface area contributed by atoms with Gasteiger partial charge in [0, 0.05) is 10.2 Å². The predicted octanol–water partition coefficient (Wildman–Crippen LogP) is 4.19. The second kappa shape index (κ2) is 7.74. The van der Waals surface area contributed by atoms with Crippen LogP contribution in [0, 0.1) is 0 Å². The van der Waals surface area contributed by atoms with Gasteiger partial charge < -0.3 is 0 Å². The van der Waals surface area contributed by atoms with Crippen LogP contribution >= 0.6 is 15.9 Å². The molecule has 0 heterocycles. The van der Waals surface area contributed by atoms with E-state index in [4.69, 9.17) is 0 Å². The third-order valence-electron chi connectivity index (χ3n) is 3.09. The summed E-state index contributed by atoms with van der Waals surface area (Å²) in [5, 5.41) is 4.15. The summed E-state index contributed by atoms with van der Waals surface area (Å²) < 4.78 is 0.764. The highest BCUT2D eigenvalue weighted by molar-refractivity contribution is 9.10. The normalized spacial score (nSPS) is 11.2. The molecule has 0 atom stereocenters. The molecule has 0 spiro atoms. The summed E-state index contributed by atoms with van der Waals surface area (Å²) in [5.74, 6) is -0.207. The van der Waals surface area contributed by atoms with E-state index in [1.165, 1.54) is 5.56 Å². The molecule has 0 saturated carbocycles. The number of benzene rings is 2. The highest BCUT2D eigenvalue weighted by Gasteiger charge is 2.07. The second-order valence-corrected chi connectivity index (χ2v) is 5.61. The molecule has 0 aliphatic carbocycles. The summed E-state index contributed by atoms with van der Waals surface area (Å²) in [6, 6.07) is 17.5. The molecule has 21 heavy (non-hydrogen) atoms. The SMILES string of the molecule is C/C(CCc1ccccc1)=N/NC(=O)c1ccccc1Br. The lowest BCUT2D eigenvalue weighted by atomic mass is 10.1. The summed E-state index contributed by atoms with van der Waals surface area (Å²) in [6.45, 7) is 1.92. The van der Waals surface area contributed by atoms with E-state index in [0.29, 0.717) is 5.56 Å². The Hall–Kier alpha value is -1.94. The van der Waals surface area contributed by atoms with Crippen molar-refractivity contribution in [1.29, 1.82) is 0 Å². The highest BCUT2D eigenvalue weighted by atomic mass is 79.9. The number of hydrazone groups is 1. The monoisotopic (exact) mass is 344 g/mol. The predicted molar refractivity (Wildman–Crippen MR) is 89.5 cm³/mol. The maximum atomic E-state index is 12.0. The van der Waals surface area contributed by atoms with Crippen molar-refractivity contribution in [2.75, 3.05) is 0 Å². The zero-order valence-corrected chi connectivity index (χ0v) is 13.4. The molecule has 0 fully saturated rings. The summed E-state index contributed by atoms with van der Waals surface area (Å²) in [4.78, 5) is 12.0. The number of carbonyl (C=O) groups excluding carboxylic acids is 1. The lowest BCUT2D eigenvalue weighted by Gasteiger charge is -2.04. The first-order chi connectivity index (χ1) is 10.2. The molecule has 0 unspecified atom stereocenters. The Morgan fingerprint density at radius 1 is 1.10 bits per heavy atom. The largest absolute Gasteiger partial charge is 0.272 e. The van der Waals surface area contributed by atoms with E-state index < -0.39 is 0 Å². The molecule has 2 rings (SSSR count). The Kier molecular flexibility index (Phi) is 5.69. The van der Waals surface area contributed by atoms with Crippen LogP contribution in [0.5, 0.6) is 0 Å². The van der Waals surface area contributed by atoms with Crippen LogP contribution in [0.25, 0.3) is 0 Å². The minimum Gasteiger partial charge on any atom is -0.267 e. The zero-order valence-electron chi connectivity index (χ0n) is 11.8. The number of nitrogens with one attached hydrogen (secondary N) is 1. The fraction of sp³-hybridized carbons (Fsp3) is 0.176. The maximum Gasteiger partial charge on any atom is 0.272 e. The van der Waals surface area contributed by atoms with Gasteiger partial charge in [-0.05, 0) is 53.4 Å². The zero-order chi connectivity index (χ0) is 15.1. The van der Waals surface area contributed by atoms with Crippen molar-refractivity contribution in [2.45, 2.75) is 19.8 Å². The molecule has 108 valence electrons. The fourth-order valence-electron chi connectivity index (χ4n) is 1.88. The molecule has 0 bridgehead atoms. The molecule has 2 aromatic carbocycles. The van der Waals surface area contributed by atoms with Gasteiger partial charge in [0.25, 0.3) is 5.91 Å². The molecule has 0 aliphatic rings. The van der Waals surface area contributed by atoms with Gasteiger partial charge in [0.05, 0.1) is 5.56 Å². The lowest BCUT2D eigenvalue weighted by Crippen LogP contribution is -2.19. The maximum absolute atomic E-state index is 12.0. The molecular formula is C17H17BrN2O. The van der Waals surface area contributed by atoms with Gasteiger partial charge in [0.2, 0.25) is 0 Å². The van der Waals surface area contributed by atoms with Crippen LogP contribution in [0.1, 0.15) is 29.3 Å². The van der Waals surface area contributed by atoms with E-state index >= 15 is 0 Å². The van der Waals surface area contributed by atoms with Crippen molar-refractivity contribution in [3.05, 3.63) is 70.2 Å². The van der Waals surface area contributed by atoms with Crippen molar-refractivity contribution in [3.8, 4) is 0 Å². The number of amides is 1. The van der Waals surface area contributed by atoms with Crippen molar-refractivity contribution in [3.63, 3.8) is 0 Å². The van der Waals surface area contributed by atoms with Gasteiger partial charge in [-0.3, -0.25) is 4.79 Å². The van der Waals surface area contributed by atoms with E-state index in [0.717, 1.165) is 23.0 Å². The van der Waals surface area contributed by atoms with Gasteiger partial charge in [-0.2, -0.15) is 5.10 Å². The minimum absolute atomic E-state index is 0.207. The van der Waals surface area contributed by atoms with E-state index in [2.05, 4.69) is 38.6 Å². The molecule has 0 aromatic heterocycles. The molecule has 0 aliphatic heterocycles. The average molecular weight is 345 g/mol. The van der Waals surface area contributed by atoms with Crippen LogP contribution in [0.15, 0.2) is 64.2 Å². The minimum atomic E-state index is -0.207. The molecular weight excluding hydrogens is 328 g/mol. The highest BCUT2D eigenvalue weighted by Crippen LogP contribution is 2.15. The first-order valence-electron chi connectivity index (χ1n) is 6.79. The lowest BCUT2D eigenvalue weighted by molar-refractivity contribution is 0.0954. The number of aryl methyl sites for hydroxylation is 1. The molecule has 1 N–H and O–H groups in total. The van der Waals surface area contributed by atoms with Crippen molar-refractivity contribution in [2.24, 2.45) is 5.10 Å². The summed E-state index contributed by atoms with van der Waals surface area (Å²) in [7, 11) is 0. The second-order valence-electron chi connectivity index (χ2n) is 4.75.